The van der Waals surface area contributed by atoms with E-state index in [-0.39, 0.29) is 11.8 Å². The minimum Gasteiger partial charge on any atom is -0.465 e. The molecule has 84 valence electrons. The van der Waals surface area contributed by atoms with E-state index in [4.69, 9.17) is 4.74 Å². The van der Waals surface area contributed by atoms with Crippen molar-refractivity contribution in [2.24, 2.45) is 5.41 Å². The van der Waals surface area contributed by atoms with Crippen LogP contribution in [0.4, 0.5) is 0 Å². The molecule has 1 atom stereocenters. The van der Waals surface area contributed by atoms with Crippen molar-refractivity contribution >= 4 is 11.8 Å². The van der Waals surface area contributed by atoms with E-state index in [0.29, 0.717) is 25.9 Å². The first kappa shape index (κ1) is 12.0. The second kappa shape index (κ2) is 5.10. The highest BCUT2D eigenvalue weighted by atomic mass is 16.5. The van der Waals surface area contributed by atoms with Crippen molar-refractivity contribution in [2.75, 3.05) is 6.61 Å². The third kappa shape index (κ3) is 2.28. The minimum absolute atomic E-state index is 0.0205. The zero-order valence-corrected chi connectivity index (χ0v) is 9.25. The summed E-state index contributed by atoms with van der Waals surface area (Å²) in [5, 5.41) is 0. The minimum atomic E-state index is -0.921. The van der Waals surface area contributed by atoms with Gasteiger partial charge in [-0.15, -0.1) is 6.58 Å². The smallest absolute Gasteiger partial charge is 0.319 e. The fraction of sp³-hybridized carbons (Fsp3) is 0.667. The van der Waals surface area contributed by atoms with E-state index in [2.05, 4.69) is 6.58 Å². The highest BCUT2D eigenvalue weighted by molar-refractivity contribution is 6.04. The molecule has 1 aliphatic rings. The molecule has 1 saturated carbocycles. The van der Waals surface area contributed by atoms with E-state index < -0.39 is 5.41 Å². The van der Waals surface area contributed by atoms with Crippen LogP contribution in [0.5, 0.6) is 0 Å². The number of esters is 1. The van der Waals surface area contributed by atoms with Crippen LogP contribution in [0.3, 0.4) is 0 Å². The van der Waals surface area contributed by atoms with Crippen molar-refractivity contribution in [3.63, 3.8) is 0 Å². The molecule has 1 aliphatic carbocycles. The van der Waals surface area contributed by atoms with Gasteiger partial charge in [0, 0.05) is 6.42 Å². The molecular formula is C12H18O3. The number of ketones is 1. The number of Topliss-reactive ketones (excluding diaryl/α,β-unsaturated/α-hetero) is 1. The molecule has 0 heterocycles. The Morgan fingerprint density at radius 2 is 2.33 bits per heavy atom. The normalized spacial score (nSPS) is 26.1. The summed E-state index contributed by atoms with van der Waals surface area (Å²) in [6, 6.07) is 0. The Kier molecular flexibility index (Phi) is 4.06. The molecule has 1 fully saturated rings. The standard InChI is InChI=1S/C12H18O3/c1-3-8-12(11(14)15-4-2)9-6-5-7-10(12)13/h3H,1,4-9H2,2H3/t12-/m0/s1. The summed E-state index contributed by atoms with van der Waals surface area (Å²) in [7, 11) is 0. The maximum absolute atomic E-state index is 11.9. The van der Waals surface area contributed by atoms with Crippen LogP contribution in [0, 0.1) is 5.41 Å². The fourth-order valence-corrected chi connectivity index (χ4v) is 2.12. The monoisotopic (exact) mass is 210 g/mol. The first-order chi connectivity index (χ1) is 7.17. The highest BCUT2D eigenvalue weighted by Gasteiger charge is 2.46. The summed E-state index contributed by atoms with van der Waals surface area (Å²) >= 11 is 0. The van der Waals surface area contributed by atoms with E-state index in [0.717, 1.165) is 12.8 Å². The number of ether oxygens (including phenoxy) is 1. The van der Waals surface area contributed by atoms with Crippen molar-refractivity contribution < 1.29 is 14.3 Å². The topological polar surface area (TPSA) is 43.4 Å². The third-order valence-corrected chi connectivity index (χ3v) is 2.95. The van der Waals surface area contributed by atoms with Crippen molar-refractivity contribution in [3.05, 3.63) is 12.7 Å². The summed E-state index contributed by atoms with van der Waals surface area (Å²) in [5.74, 6) is -0.346. The molecular weight excluding hydrogens is 192 g/mol. The summed E-state index contributed by atoms with van der Waals surface area (Å²) < 4.78 is 5.00. The Hall–Kier alpha value is -1.12. The number of carbonyl (C=O) groups excluding carboxylic acids is 2. The van der Waals surface area contributed by atoms with E-state index in [1.807, 2.05) is 0 Å². The average molecular weight is 210 g/mol. The number of rotatable bonds is 4. The molecule has 0 aliphatic heterocycles. The van der Waals surface area contributed by atoms with Gasteiger partial charge in [0.2, 0.25) is 0 Å². The number of hydrogen-bond acceptors (Lipinski definition) is 3. The molecule has 1 rings (SSSR count). The van der Waals surface area contributed by atoms with Gasteiger partial charge >= 0.3 is 5.97 Å². The molecule has 0 aromatic carbocycles. The Labute approximate surface area is 90.5 Å². The van der Waals surface area contributed by atoms with Crippen LogP contribution >= 0.6 is 0 Å². The largest absolute Gasteiger partial charge is 0.465 e. The molecule has 0 unspecified atom stereocenters. The van der Waals surface area contributed by atoms with Gasteiger partial charge in [0.05, 0.1) is 6.61 Å². The molecule has 0 amide bonds. The molecule has 0 spiro atoms. The molecule has 0 bridgehead atoms. The number of allylic oxidation sites excluding steroid dienone is 1. The lowest BCUT2D eigenvalue weighted by molar-refractivity contribution is -0.162. The molecule has 0 N–H and O–H groups in total. The van der Waals surface area contributed by atoms with Gasteiger partial charge in [-0.2, -0.15) is 0 Å². The van der Waals surface area contributed by atoms with Crippen LogP contribution in [-0.2, 0) is 14.3 Å². The summed E-state index contributed by atoms with van der Waals surface area (Å²) in [5.41, 5.74) is -0.921. The van der Waals surface area contributed by atoms with E-state index in [1.165, 1.54) is 0 Å². The van der Waals surface area contributed by atoms with Gasteiger partial charge in [-0.25, -0.2) is 0 Å². The Morgan fingerprint density at radius 3 is 2.87 bits per heavy atom. The summed E-state index contributed by atoms with van der Waals surface area (Å²) in [6.45, 7) is 5.70. The van der Waals surface area contributed by atoms with Crippen LogP contribution in [0.2, 0.25) is 0 Å². The van der Waals surface area contributed by atoms with E-state index in [9.17, 15) is 9.59 Å². The van der Waals surface area contributed by atoms with Crippen molar-refractivity contribution in [2.45, 2.75) is 39.0 Å². The van der Waals surface area contributed by atoms with Crippen molar-refractivity contribution in [1.29, 1.82) is 0 Å². The van der Waals surface area contributed by atoms with Crippen LogP contribution in [0.15, 0.2) is 12.7 Å². The average Bonchev–Trinajstić information content (AvgIpc) is 2.22. The predicted molar refractivity (Wildman–Crippen MR) is 57.4 cm³/mol. The highest BCUT2D eigenvalue weighted by Crippen LogP contribution is 2.37. The zero-order valence-electron chi connectivity index (χ0n) is 9.25. The second-order valence-electron chi connectivity index (χ2n) is 3.93. The molecule has 0 saturated heterocycles. The lowest BCUT2D eigenvalue weighted by Gasteiger charge is -2.32. The van der Waals surface area contributed by atoms with Crippen LogP contribution in [0.25, 0.3) is 0 Å². The Bertz CT molecular complexity index is 270. The molecule has 15 heavy (non-hydrogen) atoms. The Balaban J connectivity index is 2.89. The second-order valence-corrected chi connectivity index (χ2v) is 3.93. The lowest BCUT2D eigenvalue weighted by Crippen LogP contribution is -2.42. The zero-order chi connectivity index (χ0) is 11.3. The first-order valence-electron chi connectivity index (χ1n) is 5.49. The molecule has 3 heteroatoms. The molecule has 0 aromatic rings. The van der Waals surface area contributed by atoms with Crippen LogP contribution in [-0.4, -0.2) is 18.4 Å². The van der Waals surface area contributed by atoms with Gasteiger partial charge < -0.3 is 4.74 Å². The van der Waals surface area contributed by atoms with Gasteiger partial charge in [-0.3, -0.25) is 9.59 Å². The number of hydrogen-bond donors (Lipinski definition) is 0. The molecule has 0 aromatic heterocycles. The van der Waals surface area contributed by atoms with Gasteiger partial charge in [-0.05, 0) is 26.2 Å². The molecule has 3 nitrogen and oxygen atoms in total. The van der Waals surface area contributed by atoms with Gasteiger partial charge in [0.15, 0.2) is 0 Å². The number of carbonyl (C=O) groups is 2. The SMILES string of the molecule is C=CC[C@]1(C(=O)OCC)CCCCC1=O. The van der Waals surface area contributed by atoms with Crippen molar-refractivity contribution in [1.82, 2.24) is 0 Å². The van der Waals surface area contributed by atoms with E-state index in [1.54, 1.807) is 13.0 Å². The predicted octanol–water partition coefficient (Wildman–Crippen LogP) is 2.26. The van der Waals surface area contributed by atoms with Gasteiger partial charge in [0.25, 0.3) is 0 Å². The summed E-state index contributed by atoms with van der Waals surface area (Å²) in [6.07, 6.45) is 4.95. The summed E-state index contributed by atoms with van der Waals surface area (Å²) in [4.78, 5) is 23.7. The maximum atomic E-state index is 11.9. The van der Waals surface area contributed by atoms with Crippen LogP contribution in [0.1, 0.15) is 39.0 Å². The van der Waals surface area contributed by atoms with Crippen molar-refractivity contribution in [3.8, 4) is 0 Å². The van der Waals surface area contributed by atoms with E-state index >= 15 is 0 Å². The van der Waals surface area contributed by atoms with Gasteiger partial charge in [0.1, 0.15) is 11.2 Å². The van der Waals surface area contributed by atoms with Gasteiger partial charge in [-0.1, -0.05) is 12.5 Å². The molecule has 0 radical (unpaired) electrons. The van der Waals surface area contributed by atoms with Crippen LogP contribution < -0.4 is 0 Å². The third-order valence-electron chi connectivity index (χ3n) is 2.95. The Morgan fingerprint density at radius 1 is 1.60 bits per heavy atom. The first-order valence-corrected chi connectivity index (χ1v) is 5.49. The quantitative estimate of drug-likeness (QED) is 0.406. The maximum Gasteiger partial charge on any atom is 0.319 e. The fourth-order valence-electron chi connectivity index (χ4n) is 2.12. The lowest BCUT2D eigenvalue weighted by atomic mass is 9.71.